The van der Waals surface area contributed by atoms with Crippen molar-refractivity contribution in [2.45, 2.75) is 18.6 Å². The van der Waals surface area contributed by atoms with Gasteiger partial charge in [-0.2, -0.15) is 18.6 Å². The molecule has 11 nitrogen and oxygen atoms in total. The van der Waals surface area contributed by atoms with E-state index in [-0.39, 0.29) is 13.1 Å². The van der Waals surface area contributed by atoms with E-state index in [0.717, 1.165) is 0 Å². The van der Waals surface area contributed by atoms with Gasteiger partial charge in [0.15, 0.2) is 0 Å². The van der Waals surface area contributed by atoms with E-state index < -0.39 is 28.5 Å². The van der Waals surface area contributed by atoms with Crippen molar-refractivity contribution in [3.8, 4) is 0 Å². The number of fused-ring (bicyclic) bond motifs is 4. The van der Waals surface area contributed by atoms with Crippen LogP contribution >= 0.6 is 0 Å². The third-order valence-electron chi connectivity index (χ3n) is 3.71. The lowest BCUT2D eigenvalue weighted by Crippen LogP contribution is -2.38. The van der Waals surface area contributed by atoms with E-state index in [1.165, 1.54) is 4.90 Å². The predicted molar refractivity (Wildman–Crippen MR) is 72.4 cm³/mol. The maximum absolute atomic E-state index is 12.3. The molecule has 0 saturated carbocycles. The van der Waals surface area contributed by atoms with Gasteiger partial charge in [-0.25, -0.2) is 4.79 Å². The minimum atomic E-state index is -4.81. The van der Waals surface area contributed by atoms with E-state index in [0.29, 0.717) is 29.4 Å². The van der Waals surface area contributed by atoms with Crippen LogP contribution in [0.15, 0.2) is 6.20 Å². The van der Waals surface area contributed by atoms with Crippen molar-refractivity contribution in [2.75, 3.05) is 19.6 Å². The zero-order valence-corrected chi connectivity index (χ0v) is 12.3. The summed E-state index contributed by atoms with van der Waals surface area (Å²) in [4.78, 5) is 13.6. The molecule has 12 heteroatoms. The van der Waals surface area contributed by atoms with Crippen molar-refractivity contribution in [3.05, 3.63) is 17.5 Å². The topological polar surface area (TPSA) is 157 Å². The van der Waals surface area contributed by atoms with Crippen LogP contribution in [0.4, 0.5) is 4.79 Å². The molecule has 2 amide bonds. The van der Waals surface area contributed by atoms with Gasteiger partial charge in [0.05, 0.1) is 24.8 Å². The number of carbonyl (C=O) groups is 1. The van der Waals surface area contributed by atoms with E-state index in [4.69, 9.17) is 16.0 Å². The highest BCUT2D eigenvalue weighted by molar-refractivity contribution is 7.80. The lowest BCUT2D eigenvalue weighted by atomic mass is 9.98. The molecule has 0 aliphatic carbocycles. The van der Waals surface area contributed by atoms with Crippen LogP contribution in [0, 0.1) is 0 Å². The van der Waals surface area contributed by atoms with Crippen LogP contribution in [0.2, 0.25) is 0 Å². The predicted octanol–water partition coefficient (Wildman–Crippen LogP) is -1.63. The smallest absolute Gasteiger partial charge is 0.329 e. The van der Waals surface area contributed by atoms with Gasteiger partial charge in [0.1, 0.15) is 6.04 Å². The molecule has 3 rings (SSSR count). The number of amides is 2. The first-order valence-corrected chi connectivity index (χ1v) is 7.96. The number of hydroxylamine groups is 2. The monoisotopic (exact) mass is 332 g/mol. The van der Waals surface area contributed by atoms with Gasteiger partial charge in [-0.3, -0.25) is 9.23 Å². The number of urea groups is 1. The van der Waals surface area contributed by atoms with E-state index in [1.54, 1.807) is 10.9 Å². The minimum absolute atomic E-state index is 0.130. The van der Waals surface area contributed by atoms with Gasteiger partial charge in [0.25, 0.3) is 0 Å². The van der Waals surface area contributed by atoms with Gasteiger partial charge in [0.2, 0.25) is 0 Å². The average molecular weight is 332 g/mol. The van der Waals surface area contributed by atoms with Crippen LogP contribution in [0.1, 0.15) is 23.3 Å². The third-order valence-corrected chi connectivity index (χ3v) is 4.06. The Hall–Kier alpha value is -1.73. The summed E-state index contributed by atoms with van der Waals surface area (Å²) in [7, 11) is -4.81. The molecule has 1 aromatic heterocycles. The van der Waals surface area contributed by atoms with Crippen LogP contribution in [0.3, 0.4) is 0 Å². The maximum atomic E-state index is 12.3. The van der Waals surface area contributed by atoms with E-state index in [9.17, 15) is 13.2 Å². The highest BCUT2D eigenvalue weighted by atomic mass is 32.3. The van der Waals surface area contributed by atoms with Gasteiger partial charge in [-0.1, -0.05) is 0 Å². The van der Waals surface area contributed by atoms with Gasteiger partial charge in [-0.15, -0.1) is 4.28 Å². The van der Waals surface area contributed by atoms with Crippen LogP contribution < -0.4 is 11.5 Å². The van der Waals surface area contributed by atoms with E-state index in [1.807, 2.05) is 0 Å². The van der Waals surface area contributed by atoms with Crippen molar-refractivity contribution in [1.29, 1.82) is 0 Å². The first-order chi connectivity index (χ1) is 10.4. The standard InChI is InChI=1S/C10H16N6O5S/c11-1-2-14-4-6-8-5-15(7(3-12)9(6)13-14)10(17)16(8)21-22(18,19)20/h4,7-8H,1-3,5,11-12H2,(H,18,19,20)/t7-,8-/m1/s1. The second kappa shape index (κ2) is 5.17. The molecule has 122 valence electrons. The summed E-state index contributed by atoms with van der Waals surface area (Å²) in [5, 5.41) is 5.00. The fraction of sp³-hybridized carbons (Fsp3) is 0.600. The van der Waals surface area contributed by atoms with Gasteiger partial charge in [-0.05, 0) is 0 Å². The highest BCUT2D eigenvalue weighted by Gasteiger charge is 2.51. The second-order valence-corrected chi connectivity index (χ2v) is 6.06. The summed E-state index contributed by atoms with van der Waals surface area (Å²) in [6, 6.07) is -1.84. The molecule has 1 aromatic rings. The Bertz CT molecular complexity index is 703. The summed E-state index contributed by atoms with van der Waals surface area (Å²) in [5.41, 5.74) is 12.4. The molecule has 1 saturated heterocycles. The molecule has 2 atom stereocenters. The average Bonchev–Trinajstić information content (AvgIpc) is 2.95. The molecular formula is C10H16N6O5S. The molecule has 2 aliphatic rings. The van der Waals surface area contributed by atoms with Gasteiger partial charge < -0.3 is 16.4 Å². The van der Waals surface area contributed by atoms with Gasteiger partial charge >= 0.3 is 16.4 Å². The van der Waals surface area contributed by atoms with Crippen molar-refractivity contribution < 1.29 is 22.0 Å². The number of aromatic nitrogens is 2. The van der Waals surface area contributed by atoms with Crippen LogP contribution in [0.25, 0.3) is 0 Å². The van der Waals surface area contributed by atoms with Gasteiger partial charge in [0, 0.05) is 24.8 Å². The summed E-state index contributed by atoms with van der Waals surface area (Å²) in [6.45, 7) is 1.19. The molecule has 0 spiro atoms. The normalized spacial score (nSPS) is 24.0. The van der Waals surface area contributed by atoms with Crippen LogP contribution in [0.5, 0.6) is 0 Å². The first-order valence-electron chi connectivity index (χ1n) is 6.60. The molecule has 3 heterocycles. The molecule has 5 N–H and O–H groups in total. The quantitative estimate of drug-likeness (QED) is 0.542. The molecule has 22 heavy (non-hydrogen) atoms. The summed E-state index contributed by atoms with van der Waals surface area (Å²) >= 11 is 0. The highest BCUT2D eigenvalue weighted by Crippen LogP contribution is 2.43. The van der Waals surface area contributed by atoms with Crippen LogP contribution in [-0.4, -0.2) is 58.4 Å². The number of nitrogens with two attached hydrogens (primary N) is 2. The Morgan fingerprint density at radius 2 is 2.18 bits per heavy atom. The van der Waals surface area contributed by atoms with Crippen molar-refractivity contribution >= 4 is 16.4 Å². The van der Waals surface area contributed by atoms with Crippen molar-refractivity contribution in [3.63, 3.8) is 0 Å². The number of hydrogen-bond acceptors (Lipinski definition) is 7. The summed E-state index contributed by atoms with van der Waals surface area (Å²) in [5.74, 6) is 0. The minimum Gasteiger partial charge on any atom is -0.329 e. The summed E-state index contributed by atoms with van der Waals surface area (Å²) in [6.07, 6.45) is 1.69. The molecule has 0 unspecified atom stereocenters. The van der Waals surface area contributed by atoms with Crippen molar-refractivity contribution in [1.82, 2.24) is 19.7 Å². The molecule has 0 radical (unpaired) electrons. The van der Waals surface area contributed by atoms with Crippen LogP contribution in [-0.2, 0) is 21.2 Å². The molecule has 1 fully saturated rings. The first kappa shape index (κ1) is 15.2. The number of hydrogen-bond donors (Lipinski definition) is 3. The lowest BCUT2D eigenvalue weighted by Gasteiger charge is -2.28. The Labute approximate surface area is 126 Å². The molecule has 0 aromatic carbocycles. The third kappa shape index (κ3) is 2.34. The van der Waals surface area contributed by atoms with E-state index >= 15 is 0 Å². The Balaban J connectivity index is 2.03. The van der Waals surface area contributed by atoms with Crippen molar-refractivity contribution in [2.24, 2.45) is 11.5 Å². The number of nitrogens with zero attached hydrogens (tertiary/aromatic N) is 4. The largest absolute Gasteiger partial charge is 0.418 e. The number of carbonyl (C=O) groups excluding carboxylic acids is 1. The molecular weight excluding hydrogens is 316 g/mol. The maximum Gasteiger partial charge on any atom is 0.418 e. The lowest BCUT2D eigenvalue weighted by molar-refractivity contribution is -0.0317. The van der Waals surface area contributed by atoms with E-state index in [2.05, 4.69) is 9.38 Å². The Morgan fingerprint density at radius 3 is 2.77 bits per heavy atom. The fourth-order valence-corrected chi connectivity index (χ4v) is 3.24. The summed E-state index contributed by atoms with van der Waals surface area (Å²) < 4.78 is 36.8. The molecule has 2 bridgehead atoms. The second-order valence-electron chi connectivity index (χ2n) is 5.05. The zero-order valence-electron chi connectivity index (χ0n) is 11.5. The zero-order chi connectivity index (χ0) is 16.1. The Morgan fingerprint density at radius 1 is 1.45 bits per heavy atom. The molecule has 2 aliphatic heterocycles. The SMILES string of the molecule is NCCn1cc2c(n1)[C@@H](CN)N1C[C@H]2N(OS(=O)(=O)O)C1=O. The number of rotatable bonds is 5. The fourth-order valence-electron chi connectivity index (χ4n) is 2.87. The Kier molecular flexibility index (Phi) is 3.57.